The van der Waals surface area contributed by atoms with Crippen LogP contribution in [0.15, 0.2) is 6.07 Å². The second-order valence-corrected chi connectivity index (χ2v) is 5.64. The molecule has 0 aromatic carbocycles. The Morgan fingerprint density at radius 3 is 2.53 bits per heavy atom. The molecule has 3 nitrogen and oxygen atoms in total. The molecule has 82 valence electrons. The Balaban J connectivity index is 1.55. The van der Waals surface area contributed by atoms with Crippen LogP contribution in [0.1, 0.15) is 25.7 Å². The van der Waals surface area contributed by atoms with Crippen molar-refractivity contribution in [3.05, 3.63) is 6.07 Å². The molecule has 0 bridgehead atoms. The lowest BCUT2D eigenvalue weighted by molar-refractivity contribution is 0.428. The Morgan fingerprint density at radius 1 is 1.40 bits per heavy atom. The van der Waals surface area contributed by atoms with E-state index < -0.39 is 0 Å². The molecule has 2 fully saturated rings. The molecule has 0 atom stereocenters. The van der Waals surface area contributed by atoms with Crippen LogP contribution >= 0.6 is 11.5 Å². The third kappa shape index (κ3) is 2.25. The van der Waals surface area contributed by atoms with Crippen molar-refractivity contribution in [3.8, 4) is 0 Å². The molecule has 2 saturated carbocycles. The van der Waals surface area contributed by atoms with Crippen LogP contribution in [0.5, 0.6) is 0 Å². The van der Waals surface area contributed by atoms with Crippen LogP contribution in [0.3, 0.4) is 0 Å². The first-order valence-corrected chi connectivity index (χ1v) is 6.56. The molecule has 15 heavy (non-hydrogen) atoms. The summed E-state index contributed by atoms with van der Waals surface area (Å²) in [5.41, 5.74) is 5.59. The maximum absolute atomic E-state index is 5.59. The summed E-state index contributed by atoms with van der Waals surface area (Å²) in [5.74, 6) is 3.57. The highest BCUT2D eigenvalue weighted by Gasteiger charge is 2.40. The molecule has 0 aliphatic heterocycles. The zero-order chi connectivity index (χ0) is 10.3. The fourth-order valence-electron chi connectivity index (χ4n) is 2.36. The van der Waals surface area contributed by atoms with Gasteiger partial charge in [0.1, 0.15) is 10.8 Å². The van der Waals surface area contributed by atoms with E-state index in [0.717, 1.165) is 29.3 Å². The number of nitrogens with two attached hydrogens (primary N) is 1. The molecule has 0 unspecified atom stereocenters. The van der Waals surface area contributed by atoms with E-state index in [1.165, 1.54) is 37.2 Å². The molecule has 3 rings (SSSR count). The summed E-state index contributed by atoms with van der Waals surface area (Å²) in [6, 6.07) is 1.93. The van der Waals surface area contributed by atoms with Gasteiger partial charge in [0.2, 0.25) is 0 Å². The van der Waals surface area contributed by atoms with E-state index in [9.17, 15) is 0 Å². The molecule has 2 aliphatic rings. The lowest BCUT2D eigenvalue weighted by Gasteiger charge is -2.15. The molecule has 2 aliphatic carbocycles. The number of hydrogen-bond acceptors (Lipinski definition) is 4. The van der Waals surface area contributed by atoms with Crippen LogP contribution in [0.4, 0.5) is 10.8 Å². The van der Waals surface area contributed by atoms with E-state index in [1.54, 1.807) is 0 Å². The lowest BCUT2D eigenvalue weighted by atomic mass is 9.98. The summed E-state index contributed by atoms with van der Waals surface area (Å²) in [5, 5.41) is 4.61. The van der Waals surface area contributed by atoms with Crippen molar-refractivity contribution in [1.29, 1.82) is 0 Å². The van der Waals surface area contributed by atoms with Crippen LogP contribution in [0, 0.1) is 17.8 Å². The van der Waals surface area contributed by atoms with E-state index in [0.29, 0.717) is 5.82 Å². The van der Waals surface area contributed by atoms with Crippen LogP contribution in [0.25, 0.3) is 0 Å². The van der Waals surface area contributed by atoms with Gasteiger partial charge in [-0.25, -0.2) is 0 Å². The van der Waals surface area contributed by atoms with Gasteiger partial charge in [0.15, 0.2) is 0 Å². The summed E-state index contributed by atoms with van der Waals surface area (Å²) in [6.07, 6.45) is 5.81. The predicted octanol–water partition coefficient (Wildman–Crippen LogP) is 2.57. The molecule has 0 amide bonds. The third-order valence-electron chi connectivity index (χ3n) is 3.50. The molecule has 0 spiro atoms. The summed E-state index contributed by atoms with van der Waals surface area (Å²) in [7, 11) is 0. The van der Waals surface area contributed by atoms with Crippen LogP contribution < -0.4 is 11.1 Å². The molecule has 3 N–H and O–H groups in total. The van der Waals surface area contributed by atoms with E-state index in [1.807, 2.05) is 6.07 Å². The van der Waals surface area contributed by atoms with Crippen molar-refractivity contribution in [2.24, 2.45) is 17.8 Å². The molecule has 1 heterocycles. The first-order valence-electron chi connectivity index (χ1n) is 5.79. The quantitative estimate of drug-likeness (QED) is 0.806. The van der Waals surface area contributed by atoms with E-state index >= 15 is 0 Å². The van der Waals surface area contributed by atoms with Gasteiger partial charge in [0.25, 0.3) is 0 Å². The van der Waals surface area contributed by atoms with Gasteiger partial charge >= 0.3 is 0 Å². The molecule has 1 aromatic rings. The lowest BCUT2D eigenvalue weighted by Crippen LogP contribution is -2.17. The topological polar surface area (TPSA) is 50.9 Å². The first-order chi connectivity index (χ1) is 7.33. The number of hydrogen-bond donors (Lipinski definition) is 2. The van der Waals surface area contributed by atoms with Gasteiger partial charge in [0.05, 0.1) is 0 Å². The van der Waals surface area contributed by atoms with Gasteiger partial charge in [-0.15, -0.1) is 0 Å². The number of nitrogens with zero attached hydrogens (tertiary/aromatic N) is 1. The minimum Gasteiger partial charge on any atom is -0.383 e. The highest BCUT2D eigenvalue weighted by atomic mass is 32.1. The second-order valence-electron chi connectivity index (χ2n) is 4.84. The highest BCUT2D eigenvalue weighted by Crippen LogP contribution is 2.49. The standard InChI is InChI=1S/C11H17N3S/c12-10-5-11(15-14-10)13-6-9(7-1-2-7)8-3-4-8/h5,7-9,13H,1-4,6H2,(H2,12,14). The summed E-state index contributed by atoms with van der Waals surface area (Å²) < 4.78 is 4.07. The zero-order valence-electron chi connectivity index (χ0n) is 8.78. The smallest absolute Gasteiger partial charge is 0.139 e. The van der Waals surface area contributed by atoms with Crippen molar-refractivity contribution in [2.75, 3.05) is 17.6 Å². The Labute approximate surface area is 94.2 Å². The van der Waals surface area contributed by atoms with Gasteiger partial charge in [0, 0.05) is 12.6 Å². The number of anilines is 2. The van der Waals surface area contributed by atoms with Crippen molar-refractivity contribution in [1.82, 2.24) is 4.37 Å². The van der Waals surface area contributed by atoms with Crippen LogP contribution in [-0.2, 0) is 0 Å². The van der Waals surface area contributed by atoms with E-state index in [-0.39, 0.29) is 0 Å². The van der Waals surface area contributed by atoms with Crippen molar-refractivity contribution >= 4 is 22.4 Å². The van der Waals surface area contributed by atoms with Gasteiger partial charge in [-0.05, 0) is 55.0 Å². The fourth-order valence-corrected chi connectivity index (χ4v) is 2.94. The molecule has 1 aromatic heterocycles. The average Bonchev–Trinajstić information content (AvgIpc) is 3.09. The Bertz CT molecular complexity index is 329. The fraction of sp³-hybridized carbons (Fsp3) is 0.727. The Kier molecular flexibility index (Phi) is 2.31. The molecular formula is C11H17N3S. The zero-order valence-corrected chi connectivity index (χ0v) is 9.59. The number of nitrogen functional groups attached to an aromatic ring is 1. The second kappa shape index (κ2) is 3.67. The van der Waals surface area contributed by atoms with Gasteiger partial charge < -0.3 is 11.1 Å². The number of aromatic nitrogens is 1. The molecule has 0 saturated heterocycles. The maximum Gasteiger partial charge on any atom is 0.139 e. The first kappa shape index (κ1) is 9.46. The van der Waals surface area contributed by atoms with Crippen molar-refractivity contribution < 1.29 is 0 Å². The van der Waals surface area contributed by atoms with Crippen molar-refractivity contribution in [2.45, 2.75) is 25.7 Å². The van der Waals surface area contributed by atoms with Gasteiger partial charge in [-0.1, -0.05) is 0 Å². The predicted molar refractivity (Wildman–Crippen MR) is 64.0 cm³/mol. The number of nitrogens with one attached hydrogen (secondary N) is 1. The summed E-state index contributed by atoms with van der Waals surface area (Å²) >= 11 is 1.47. The van der Waals surface area contributed by atoms with E-state index in [4.69, 9.17) is 5.73 Å². The summed E-state index contributed by atoms with van der Waals surface area (Å²) in [6.45, 7) is 1.12. The average molecular weight is 223 g/mol. The molecule has 0 radical (unpaired) electrons. The van der Waals surface area contributed by atoms with Crippen LogP contribution in [0.2, 0.25) is 0 Å². The number of rotatable bonds is 5. The SMILES string of the molecule is Nc1cc(NCC(C2CC2)C2CC2)sn1. The Morgan fingerprint density at radius 2 is 2.07 bits per heavy atom. The molecular weight excluding hydrogens is 206 g/mol. The highest BCUT2D eigenvalue weighted by molar-refractivity contribution is 7.10. The van der Waals surface area contributed by atoms with Gasteiger partial charge in [-0.3, -0.25) is 0 Å². The summed E-state index contributed by atoms with van der Waals surface area (Å²) in [4.78, 5) is 0. The normalized spacial score (nSPS) is 20.9. The minimum absolute atomic E-state index is 0.636. The largest absolute Gasteiger partial charge is 0.383 e. The van der Waals surface area contributed by atoms with Gasteiger partial charge in [-0.2, -0.15) is 4.37 Å². The molecule has 4 heteroatoms. The Hall–Kier alpha value is -0.770. The van der Waals surface area contributed by atoms with Crippen LogP contribution in [-0.4, -0.2) is 10.9 Å². The minimum atomic E-state index is 0.636. The van der Waals surface area contributed by atoms with E-state index in [2.05, 4.69) is 9.69 Å². The third-order valence-corrected chi connectivity index (χ3v) is 4.26. The van der Waals surface area contributed by atoms with Crippen molar-refractivity contribution in [3.63, 3.8) is 0 Å². The maximum atomic E-state index is 5.59. The monoisotopic (exact) mass is 223 g/mol.